The highest BCUT2D eigenvalue weighted by molar-refractivity contribution is 7.81. The summed E-state index contributed by atoms with van der Waals surface area (Å²) in [5, 5.41) is 11.3. The van der Waals surface area contributed by atoms with Gasteiger partial charge < -0.3 is 5.11 Å². The molecule has 4 aromatic carbocycles. The fraction of sp³-hybridized carbons (Fsp3) is 0.179. The molecule has 0 fully saturated rings. The van der Waals surface area contributed by atoms with Gasteiger partial charge in [-0.1, -0.05) is 79.2 Å². The average molecular weight is 474 g/mol. The molecule has 1 atom stereocenters. The lowest BCUT2D eigenvalue weighted by Crippen LogP contribution is -2.21. The standard InChI is InChI=1S/C28H27NO4S/c30-28(31)25-18-8-5-13-22(25)11-2-1-3-14-23-15-6-9-19-26(23)29(34(32)33)27-20-10-16-21-12-4-7-17-24(21)27/h4-10,12-13,15-20H,1-3,11,14H2,(H,30,31)(H,32,33). The van der Waals surface area contributed by atoms with Crippen molar-refractivity contribution < 1.29 is 18.7 Å². The summed E-state index contributed by atoms with van der Waals surface area (Å²) in [7, 11) is 0. The number of rotatable bonds is 10. The quantitative estimate of drug-likeness (QED) is 0.197. The maximum Gasteiger partial charge on any atom is 0.335 e. The lowest BCUT2D eigenvalue weighted by Gasteiger charge is -2.24. The summed E-state index contributed by atoms with van der Waals surface area (Å²) in [5.41, 5.74) is 3.63. The third-order valence-electron chi connectivity index (χ3n) is 5.99. The van der Waals surface area contributed by atoms with E-state index < -0.39 is 17.2 Å². The maximum absolute atomic E-state index is 12.5. The summed E-state index contributed by atoms with van der Waals surface area (Å²) < 4.78 is 24.3. The highest BCUT2D eigenvalue weighted by atomic mass is 32.2. The van der Waals surface area contributed by atoms with Crippen LogP contribution in [0, 0.1) is 0 Å². The van der Waals surface area contributed by atoms with Gasteiger partial charge in [-0.25, -0.2) is 13.3 Å². The second-order valence-electron chi connectivity index (χ2n) is 8.18. The number of nitrogens with zero attached hydrogens (tertiary/aromatic N) is 1. The molecule has 0 heterocycles. The summed E-state index contributed by atoms with van der Waals surface area (Å²) in [6.07, 6.45) is 4.18. The predicted octanol–water partition coefficient (Wildman–Crippen LogP) is 6.77. The highest BCUT2D eigenvalue weighted by Gasteiger charge is 2.20. The number of aromatic carboxylic acids is 1. The zero-order valence-corrected chi connectivity index (χ0v) is 19.6. The minimum absolute atomic E-state index is 0.365. The first-order chi connectivity index (χ1) is 16.6. The number of para-hydroxylation sites is 1. The van der Waals surface area contributed by atoms with Crippen molar-refractivity contribution in [3.63, 3.8) is 0 Å². The smallest absolute Gasteiger partial charge is 0.335 e. The Morgan fingerprint density at radius 2 is 1.29 bits per heavy atom. The van der Waals surface area contributed by atoms with Gasteiger partial charge in [-0.2, -0.15) is 0 Å². The molecule has 0 amide bonds. The number of unbranched alkanes of at least 4 members (excludes halogenated alkanes) is 2. The van der Waals surface area contributed by atoms with Crippen LogP contribution in [-0.2, 0) is 24.1 Å². The average Bonchev–Trinajstić information content (AvgIpc) is 2.85. The molecule has 0 saturated carbocycles. The van der Waals surface area contributed by atoms with Crippen LogP contribution in [0.25, 0.3) is 10.8 Å². The monoisotopic (exact) mass is 473 g/mol. The molecule has 0 radical (unpaired) electrons. The van der Waals surface area contributed by atoms with E-state index in [0.717, 1.165) is 53.3 Å². The lowest BCUT2D eigenvalue weighted by molar-refractivity contribution is 0.0695. The largest absolute Gasteiger partial charge is 0.478 e. The van der Waals surface area contributed by atoms with Crippen LogP contribution in [0.1, 0.15) is 40.7 Å². The van der Waals surface area contributed by atoms with E-state index in [1.165, 1.54) is 4.31 Å². The molecule has 0 aliphatic heterocycles. The van der Waals surface area contributed by atoms with Crippen molar-refractivity contribution in [3.8, 4) is 0 Å². The van der Waals surface area contributed by atoms with Gasteiger partial charge in [0.1, 0.15) is 0 Å². The molecular formula is C28H27NO4S. The summed E-state index contributed by atoms with van der Waals surface area (Å²) in [5.74, 6) is -0.893. The first kappa shape index (κ1) is 23.7. The van der Waals surface area contributed by atoms with Crippen LogP contribution in [0.5, 0.6) is 0 Å². The van der Waals surface area contributed by atoms with Crippen molar-refractivity contribution in [1.82, 2.24) is 0 Å². The van der Waals surface area contributed by atoms with Crippen molar-refractivity contribution in [2.45, 2.75) is 32.1 Å². The first-order valence-electron chi connectivity index (χ1n) is 11.3. The molecule has 0 aliphatic rings. The van der Waals surface area contributed by atoms with Crippen LogP contribution < -0.4 is 4.31 Å². The predicted molar refractivity (Wildman–Crippen MR) is 138 cm³/mol. The summed E-state index contributed by atoms with van der Waals surface area (Å²) in [6, 6.07) is 28.4. The molecule has 5 nitrogen and oxygen atoms in total. The van der Waals surface area contributed by atoms with E-state index in [9.17, 15) is 18.7 Å². The number of anilines is 2. The summed E-state index contributed by atoms with van der Waals surface area (Å²) in [6.45, 7) is 0. The van der Waals surface area contributed by atoms with E-state index in [0.29, 0.717) is 17.7 Å². The Hall–Kier alpha value is -3.48. The van der Waals surface area contributed by atoms with Crippen molar-refractivity contribution >= 4 is 39.4 Å². The lowest BCUT2D eigenvalue weighted by atomic mass is 9.99. The van der Waals surface area contributed by atoms with E-state index >= 15 is 0 Å². The second kappa shape index (κ2) is 11.1. The van der Waals surface area contributed by atoms with Gasteiger partial charge in [-0.3, -0.25) is 4.55 Å². The van der Waals surface area contributed by atoms with Gasteiger partial charge in [0.05, 0.1) is 16.9 Å². The normalized spacial score (nSPS) is 11.9. The minimum atomic E-state index is -2.23. The van der Waals surface area contributed by atoms with E-state index in [1.54, 1.807) is 12.1 Å². The number of carboxylic acids is 1. The Labute approximate surface area is 202 Å². The highest BCUT2D eigenvalue weighted by Crippen LogP contribution is 2.35. The number of fused-ring (bicyclic) bond motifs is 1. The van der Waals surface area contributed by atoms with Gasteiger partial charge in [-0.05, 0) is 60.4 Å². The van der Waals surface area contributed by atoms with Gasteiger partial charge in [0, 0.05) is 5.39 Å². The van der Waals surface area contributed by atoms with E-state index in [4.69, 9.17) is 0 Å². The van der Waals surface area contributed by atoms with Crippen molar-refractivity contribution in [2.75, 3.05) is 4.31 Å². The zero-order valence-electron chi connectivity index (χ0n) is 18.8. The Kier molecular flexibility index (Phi) is 7.72. The zero-order chi connectivity index (χ0) is 23.9. The van der Waals surface area contributed by atoms with E-state index in [2.05, 4.69) is 0 Å². The fourth-order valence-electron chi connectivity index (χ4n) is 4.36. The van der Waals surface area contributed by atoms with Gasteiger partial charge in [-0.15, -0.1) is 0 Å². The molecule has 0 aromatic heterocycles. The van der Waals surface area contributed by atoms with Gasteiger partial charge >= 0.3 is 5.97 Å². The number of carboxylic acid groups (broad SMARTS) is 1. The number of carbonyl (C=O) groups is 1. The molecular weight excluding hydrogens is 446 g/mol. The third-order valence-corrected chi connectivity index (χ3v) is 6.70. The molecule has 2 N–H and O–H groups in total. The Bertz CT molecular complexity index is 1320. The molecule has 174 valence electrons. The van der Waals surface area contributed by atoms with Crippen LogP contribution >= 0.6 is 0 Å². The molecule has 0 saturated heterocycles. The molecule has 0 spiro atoms. The second-order valence-corrected chi connectivity index (χ2v) is 9.00. The maximum atomic E-state index is 12.5. The Morgan fingerprint density at radius 3 is 2.06 bits per heavy atom. The van der Waals surface area contributed by atoms with Crippen molar-refractivity contribution in [2.24, 2.45) is 0 Å². The Morgan fingerprint density at radius 1 is 0.706 bits per heavy atom. The van der Waals surface area contributed by atoms with Crippen LogP contribution in [0.2, 0.25) is 0 Å². The van der Waals surface area contributed by atoms with Crippen molar-refractivity contribution in [3.05, 3.63) is 108 Å². The van der Waals surface area contributed by atoms with Crippen LogP contribution in [0.4, 0.5) is 11.4 Å². The molecule has 6 heteroatoms. The first-order valence-corrected chi connectivity index (χ1v) is 12.4. The fourth-order valence-corrected chi connectivity index (χ4v) is 5.03. The number of benzene rings is 4. The number of aryl methyl sites for hydroxylation is 2. The molecule has 34 heavy (non-hydrogen) atoms. The minimum Gasteiger partial charge on any atom is -0.478 e. The van der Waals surface area contributed by atoms with E-state index in [1.807, 2.05) is 78.9 Å². The summed E-state index contributed by atoms with van der Waals surface area (Å²) in [4.78, 5) is 11.4. The topological polar surface area (TPSA) is 77.8 Å². The van der Waals surface area contributed by atoms with Gasteiger partial charge in [0.25, 0.3) is 11.3 Å². The van der Waals surface area contributed by atoms with Crippen molar-refractivity contribution in [1.29, 1.82) is 0 Å². The summed E-state index contributed by atoms with van der Waals surface area (Å²) >= 11 is -2.23. The van der Waals surface area contributed by atoms with Gasteiger partial charge in [0.2, 0.25) is 0 Å². The SMILES string of the molecule is O=C(O)c1ccccc1CCCCCc1ccccc1N(c1cccc2ccccc12)S(=O)O. The molecule has 4 rings (SSSR count). The molecule has 4 aromatic rings. The number of hydrogen-bond donors (Lipinski definition) is 2. The molecule has 1 unspecified atom stereocenters. The Balaban J connectivity index is 1.49. The number of hydrogen-bond acceptors (Lipinski definition) is 2. The van der Waals surface area contributed by atoms with Crippen LogP contribution in [-0.4, -0.2) is 19.8 Å². The molecule has 0 aliphatic carbocycles. The third kappa shape index (κ3) is 5.35. The molecule has 0 bridgehead atoms. The van der Waals surface area contributed by atoms with Crippen LogP contribution in [0.15, 0.2) is 91.0 Å². The van der Waals surface area contributed by atoms with Gasteiger partial charge in [0.15, 0.2) is 0 Å². The van der Waals surface area contributed by atoms with E-state index in [-0.39, 0.29) is 0 Å². The van der Waals surface area contributed by atoms with Crippen LogP contribution in [0.3, 0.4) is 0 Å².